The molecule has 0 spiro atoms. The lowest BCUT2D eigenvalue weighted by Crippen LogP contribution is -2.52. The third kappa shape index (κ3) is 3.42. The number of pyridine rings is 1. The van der Waals surface area contributed by atoms with Gasteiger partial charge in [0.1, 0.15) is 12.6 Å². The predicted octanol–water partition coefficient (Wildman–Crippen LogP) is 3.69. The van der Waals surface area contributed by atoms with E-state index in [4.69, 9.17) is 4.74 Å². The van der Waals surface area contributed by atoms with Gasteiger partial charge in [0.2, 0.25) is 5.60 Å². The summed E-state index contributed by atoms with van der Waals surface area (Å²) < 4.78 is 6.71. The van der Waals surface area contributed by atoms with Crippen molar-refractivity contribution in [1.29, 1.82) is 0 Å². The smallest absolute Gasteiger partial charge is 0.347 e. The molecule has 5 rings (SSSR count). The van der Waals surface area contributed by atoms with E-state index in [-0.39, 0.29) is 6.04 Å². The number of quaternary nitrogens is 1. The second-order valence-electron chi connectivity index (χ2n) is 9.19. The largest absolute Gasteiger partial charge is 0.457 e. The normalized spacial score (nSPS) is 22.9. The van der Waals surface area contributed by atoms with E-state index in [0.717, 1.165) is 53.7 Å². The van der Waals surface area contributed by atoms with E-state index in [1.807, 2.05) is 66.9 Å². The number of esters is 1. The molecule has 0 bridgehead atoms. The lowest BCUT2D eigenvalue weighted by molar-refractivity contribution is -0.921. The van der Waals surface area contributed by atoms with Crippen LogP contribution in [0.15, 0.2) is 72.9 Å². The molecule has 0 radical (unpaired) electrons. The van der Waals surface area contributed by atoms with Gasteiger partial charge in [0, 0.05) is 42.3 Å². The van der Waals surface area contributed by atoms with Crippen LogP contribution in [0.25, 0.3) is 11.1 Å². The summed E-state index contributed by atoms with van der Waals surface area (Å²) in [6.07, 6.45) is 4.84. The predicted molar refractivity (Wildman–Crippen MR) is 123 cm³/mol. The SMILES string of the molecule is C[N+]1(CCc2ccccn2)CCC[C@@H]1COC(=O)C1(O)c2ccccc2-c2ccccc21. The molecule has 1 aliphatic carbocycles. The molecule has 1 unspecified atom stereocenters. The fourth-order valence-electron chi connectivity index (χ4n) is 5.36. The highest BCUT2D eigenvalue weighted by Gasteiger charge is 2.50. The van der Waals surface area contributed by atoms with Crippen LogP contribution in [0.5, 0.6) is 0 Å². The van der Waals surface area contributed by atoms with Crippen molar-refractivity contribution in [2.75, 3.05) is 26.7 Å². The summed E-state index contributed by atoms with van der Waals surface area (Å²) >= 11 is 0. The van der Waals surface area contributed by atoms with Crippen LogP contribution in [0.2, 0.25) is 0 Å². The number of hydrogen-bond donors (Lipinski definition) is 1. The third-order valence-corrected chi connectivity index (χ3v) is 7.32. The van der Waals surface area contributed by atoms with E-state index in [1.165, 1.54) is 0 Å². The highest BCUT2D eigenvalue weighted by molar-refractivity contribution is 5.96. The number of aromatic nitrogens is 1. The van der Waals surface area contributed by atoms with Gasteiger partial charge in [0.05, 0.1) is 20.1 Å². The number of benzene rings is 2. The van der Waals surface area contributed by atoms with Crippen molar-refractivity contribution in [3.63, 3.8) is 0 Å². The Morgan fingerprint density at radius 1 is 1.06 bits per heavy atom. The zero-order valence-electron chi connectivity index (χ0n) is 18.4. The van der Waals surface area contributed by atoms with Crippen molar-refractivity contribution in [2.45, 2.75) is 30.9 Å². The topological polar surface area (TPSA) is 59.4 Å². The van der Waals surface area contributed by atoms with Crippen molar-refractivity contribution in [3.05, 3.63) is 89.7 Å². The van der Waals surface area contributed by atoms with E-state index in [2.05, 4.69) is 18.1 Å². The van der Waals surface area contributed by atoms with Crippen molar-refractivity contribution in [2.24, 2.45) is 0 Å². The van der Waals surface area contributed by atoms with Gasteiger partial charge in [-0.1, -0.05) is 54.6 Å². The Balaban J connectivity index is 1.32. The molecule has 3 aromatic rings. The molecule has 1 saturated heterocycles. The molecular weight excluding hydrogens is 400 g/mol. The number of hydrogen-bond acceptors (Lipinski definition) is 4. The number of rotatable bonds is 6. The van der Waals surface area contributed by atoms with Crippen molar-refractivity contribution >= 4 is 5.97 Å². The van der Waals surface area contributed by atoms with E-state index in [9.17, 15) is 9.90 Å². The molecule has 5 nitrogen and oxygen atoms in total. The monoisotopic (exact) mass is 429 g/mol. The Labute approximate surface area is 188 Å². The molecule has 0 amide bonds. The zero-order valence-corrected chi connectivity index (χ0v) is 18.4. The fourth-order valence-corrected chi connectivity index (χ4v) is 5.36. The molecule has 2 heterocycles. The van der Waals surface area contributed by atoms with Gasteiger partial charge in [-0.05, 0) is 23.3 Å². The molecule has 1 N–H and O–H groups in total. The number of carbonyl (C=O) groups excluding carboxylic acids is 1. The van der Waals surface area contributed by atoms with Crippen molar-refractivity contribution in [1.82, 2.24) is 4.98 Å². The summed E-state index contributed by atoms with van der Waals surface area (Å²) in [6, 6.07) is 21.3. The molecule has 1 aromatic heterocycles. The van der Waals surface area contributed by atoms with E-state index in [1.54, 1.807) is 0 Å². The number of likely N-dealkylation sites (tertiary alicyclic amines) is 1. The highest BCUT2D eigenvalue weighted by atomic mass is 16.6. The Morgan fingerprint density at radius 3 is 2.38 bits per heavy atom. The summed E-state index contributed by atoms with van der Waals surface area (Å²) in [7, 11) is 2.24. The Kier molecular flexibility index (Phi) is 5.31. The average Bonchev–Trinajstić information content (AvgIpc) is 3.33. The van der Waals surface area contributed by atoms with Gasteiger partial charge in [-0.3, -0.25) is 4.98 Å². The van der Waals surface area contributed by atoms with E-state index in [0.29, 0.717) is 17.7 Å². The van der Waals surface area contributed by atoms with Crippen LogP contribution in [-0.2, 0) is 21.6 Å². The molecule has 1 aliphatic heterocycles. The average molecular weight is 430 g/mol. The molecule has 1 fully saturated rings. The maximum absolute atomic E-state index is 13.4. The minimum absolute atomic E-state index is 0.221. The summed E-state index contributed by atoms with van der Waals surface area (Å²) in [4.78, 5) is 17.8. The zero-order chi connectivity index (χ0) is 22.2. The van der Waals surface area contributed by atoms with Crippen LogP contribution in [0, 0.1) is 0 Å². The summed E-state index contributed by atoms with van der Waals surface area (Å²) in [5, 5.41) is 11.6. The lowest BCUT2D eigenvalue weighted by atomic mass is 9.91. The van der Waals surface area contributed by atoms with Crippen LogP contribution >= 0.6 is 0 Å². The summed E-state index contributed by atoms with van der Waals surface area (Å²) in [5.74, 6) is -0.585. The minimum Gasteiger partial charge on any atom is -0.457 e. The molecule has 2 aliphatic rings. The highest BCUT2D eigenvalue weighted by Crippen LogP contribution is 2.48. The molecule has 32 heavy (non-hydrogen) atoms. The van der Waals surface area contributed by atoms with Gasteiger partial charge in [0.15, 0.2) is 0 Å². The summed E-state index contributed by atoms with van der Waals surface area (Å²) in [6.45, 7) is 2.32. The first-order valence-corrected chi connectivity index (χ1v) is 11.4. The third-order valence-electron chi connectivity index (χ3n) is 7.32. The van der Waals surface area contributed by atoms with Crippen LogP contribution in [0.4, 0.5) is 0 Å². The molecule has 2 aromatic carbocycles. The number of nitrogens with zero attached hydrogens (tertiary/aromatic N) is 2. The Morgan fingerprint density at radius 2 is 1.72 bits per heavy atom. The minimum atomic E-state index is -1.76. The molecule has 2 atom stereocenters. The fraction of sp³-hybridized carbons (Fsp3) is 0.333. The first kappa shape index (κ1) is 20.9. The van der Waals surface area contributed by atoms with Crippen LogP contribution in [-0.4, -0.2) is 53.3 Å². The maximum atomic E-state index is 13.4. The molecular formula is C27H29N2O3+. The lowest BCUT2D eigenvalue weighted by Gasteiger charge is -2.36. The quantitative estimate of drug-likeness (QED) is 0.480. The maximum Gasteiger partial charge on any atom is 0.347 e. The van der Waals surface area contributed by atoms with Crippen LogP contribution in [0.1, 0.15) is 29.7 Å². The first-order valence-electron chi connectivity index (χ1n) is 11.4. The second kappa shape index (κ2) is 8.15. The number of ether oxygens (including phenoxy) is 1. The molecule has 164 valence electrons. The second-order valence-corrected chi connectivity index (χ2v) is 9.19. The van der Waals surface area contributed by atoms with Crippen LogP contribution < -0.4 is 0 Å². The number of aliphatic hydroxyl groups is 1. The van der Waals surface area contributed by atoms with Gasteiger partial charge in [-0.15, -0.1) is 0 Å². The first-order chi connectivity index (χ1) is 15.5. The molecule has 5 heteroatoms. The Bertz CT molecular complexity index is 1090. The van der Waals surface area contributed by atoms with E-state index >= 15 is 0 Å². The van der Waals surface area contributed by atoms with Crippen molar-refractivity contribution in [3.8, 4) is 11.1 Å². The van der Waals surface area contributed by atoms with Gasteiger partial charge in [0.25, 0.3) is 0 Å². The van der Waals surface area contributed by atoms with Gasteiger partial charge < -0.3 is 14.3 Å². The van der Waals surface area contributed by atoms with E-state index < -0.39 is 11.6 Å². The standard InChI is InChI=1S/C27H29N2O3/c1-29(18-15-20-9-6-7-16-28-20)17-8-10-21(29)19-32-26(30)27(31)24-13-4-2-11-22(24)23-12-3-5-14-25(23)27/h2-7,9,11-14,16,21,31H,8,10,15,17-19H2,1H3/q+1/t21-,29?/m1/s1. The van der Waals surface area contributed by atoms with Crippen molar-refractivity contribution < 1.29 is 19.1 Å². The van der Waals surface area contributed by atoms with Gasteiger partial charge >= 0.3 is 5.97 Å². The Hall–Kier alpha value is -3.02. The summed E-state index contributed by atoms with van der Waals surface area (Å²) in [5.41, 5.74) is 2.31. The van der Waals surface area contributed by atoms with Gasteiger partial charge in [-0.25, -0.2) is 4.79 Å². The number of fused-ring (bicyclic) bond motifs is 3. The number of likely N-dealkylation sites (N-methyl/N-ethyl adjacent to an activating group) is 1. The van der Waals surface area contributed by atoms with Crippen LogP contribution in [0.3, 0.4) is 0 Å². The molecule has 0 saturated carbocycles. The number of carbonyl (C=O) groups is 1. The van der Waals surface area contributed by atoms with Gasteiger partial charge in [-0.2, -0.15) is 0 Å².